The highest BCUT2D eigenvalue weighted by Gasteiger charge is 2.18. The third kappa shape index (κ3) is 4.08. The molecule has 22 heavy (non-hydrogen) atoms. The Morgan fingerprint density at radius 2 is 1.82 bits per heavy atom. The number of aliphatic hydroxyl groups is 1. The zero-order chi connectivity index (χ0) is 16.2. The SMILES string of the molecule is Cc1c(Cl)cccc1S(=O)(=O)NCCC(O)c1ccccc1. The van der Waals surface area contributed by atoms with E-state index in [-0.39, 0.29) is 11.4 Å². The van der Waals surface area contributed by atoms with E-state index in [9.17, 15) is 13.5 Å². The molecule has 0 saturated heterocycles. The zero-order valence-corrected chi connectivity index (χ0v) is 13.7. The van der Waals surface area contributed by atoms with Gasteiger partial charge >= 0.3 is 0 Å². The number of hydrogen-bond acceptors (Lipinski definition) is 3. The van der Waals surface area contributed by atoms with Gasteiger partial charge in [-0.25, -0.2) is 13.1 Å². The summed E-state index contributed by atoms with van der Waals surface area (Å²) in [5.41, 5.74) is 1.28. The maximum atomic E-state index is 12.3. The molecule has 0 aliphatic heterocycles. The summed E-state index contributed by atoms with van der Waals surface area (Å²) in [6, 6.07) is 13.9. The highest BCUT2D eigenvalue weighted by Crippen LogP contribution is 2.23. The fraction of sp³-hybridized carbons (Fsp3) is 0.250. The summed E-state index contributed by atoms with van der Waals surface area (Å²) in [5.74, 6) is 0. The van der Waals surface area contributed by atoms with E-state index in [1.165, 1.54) is 6.07 Å². The smallest absolute Gasteiger partial charge is 0.240 e. The van der Waals surface area contributed by atoms with Crippen molar-refractivity contribution in [3.8, 4) is 0 Å². The highest BCUT2D eigenvalue weighted by molar-refractivity contribution is 7.89. The van der Waals surface area contributed by atoms with Crippen LogP contribution in [0.1, 0.15) is 23.7 Å². The second kappa shape index (κ2) is 7.24. The molecule has 0 spiro atoms. The van der Waals surface area contributed by atoms with Crippen LogP contribution in [0.2, 0.25) is 5.02 Å². The predicted octanol–water partition coefficient (Wildman–Crippen LogP) is 3.05. The number of hydrogen-bond donors (Lipinski definition) is 2. The van der Waals surface area contributed by atoms with Gasteiger partial charge < -0.3 is 5.11 Å². The Hall–Kier alpha value is -1.40. The number of sulfonamides is 1. The first-order chi connectivity index (χ1) is 10.4. The molecular formula is C16H18ClNO3S. The largest absolute Gasteiger partial charge is 0.388 e. The molecule has 2 aromatic carbocycles. The van der Waals surface area contributed by atoms with E-state index in [1.807, 2.05) is 18.2 Å². The lowest BCUT2D eigenvalue weighted by molar-refractivity contribution is 0.169. The number of rotatable bonds is 6. The number of halogens is 1. The van der Waals surface area contributed by atoms with Gasteiger partial charge in [-0.2, -0.15) is 0 Å². The Kier molecular flexibility index (Phi) is 5.58. The lowest BCUT2D eigenvalue weighted by Gasteiger charge is -2.13. The van der Waals surface area contributed by atoms with Crippen LogP contribution in [0.15, 0.2) is 53.4 Å². The monoisotopic (exact) mass is 339 g/mol. The van der Waals surface area contributed by atoms with Crippen LogP contribution < -0.4 is 4.72 Å². The van der Waals surface area contributed by atoms with Gasteiger partial charge in [0.25, 0.3) is 0 Å². The lowest BCUT2D eigenvalue weighted by Crippen LogP contribution is -2.26. The van der Waals surface area contributed by atoms with Gasteiger partial charge in [0, 0.05) is 11.6 Å². The molecule has 0 aliphatic carbocycles. The minimum absolute atomic E-state index is 0.143. The predicted molar refractivity (Wildman–Crippen MR) is 87.4 cm³/mol. The molecule has 0 saturated carbocycles. The van der Waals surface area contributed by atoms with E-state index in [4.69, 9.17) is 11.6 Å². The van der Waals surface area contributed by atoms with Crippen LogP contribution in [0.25, 0.3) is 0 Å². The van der Waals surface area contributed by atoms with E-state index < -0.39 is 16.1 Å². The Labute approximate surface area is 135 Å². The summed E-state index contributed by atoms with van der Waals surface area (Å²) in [5, 5.41) is 10.4. The molecule has 0 bridgehead atoms. The number of aliphatic hydroxyl groups excluding tert-OH is 1. The first kappa shape index (κ1) is 17.0. The Bertz CT molecular complexity index is 732. The van der Waals surface area contributed by atoms with E-state index in [1.54, 1.807) is 31.2 Å². The second-order valence-electron chi connectivity index (χ2n) is 4.98. The number of nitrogens with one attached hydrogen (secondary N) is 1. The quantitative estimate of drug-likeness (QED) is 0.850. The van der Waals surface area contributed by atoms with Gasteiger partial charge in [0.15, 0.2) is 0 Å². The molecule has 0 fully saturated rings. The molecule has 2 aromatic rings. The number of benzene rings is 2. The van der Waals surface area contributed by atoms with Crippen molar-refractivity contribution in [3.63, 3.8) is 0 Å². The summed E-state index contributed by atoms with van der Waals surface area (Å²) < 4.78 is 27.0. The molecule has 1 atom stereocenters. The topological polar surface area (TPSA) is 66.4 Å². The third-order valence-corrected chi connectivity index (χ3v) is 5.42. The van der Waals surface area contributed by atoms with Crippen molar-refractivity contribution >= 4 is 21.6 Å². The molecule has 2 rings (SSSR count). The van der Waals surface area contributed by atoms with Crippen molar-refractivity contribution in [1.82, 2.24) is 4.72 Å². The van der Waals surface area contributed by atoms with E-state index in [2.05, 4.69) is 4.72 Å². The average molecular weight is 340 g/mol. The van der Waals surface area contributed by atoms with Crippen molar-refractivity contribution < 1.29 is 13.5 Å². The first-order valence-electron chi connectivity index (χ1n) is 6.89. The lowest BCUT2D eigenvalue weighted by atomic mass is 10.1. The van der Waals surface area contributed by atoms with Gasteiger partial charge in [-0.15, -0.1) is 0 Å². The molecule has 0 amide bonds. The highest BCUT2D eigenvalue weighted by atomic mass is 35.5. The van der Waals surface area contributed by atoms with Crippen LogP contribution in [-0.4, -0.2) is 20.1 Å². The fourth-order valence-electron chi connectivity index (χ4n) is 2.13. The van der Waals surface area contributed by atoms with Gasteiger partial charge in [-0.3, -0.25) is 0 Å². The van der Waals surface area contributed by atoms with Crippen LogP contribution >= 0.6 is 11.6 Å². The van der Waals surface area contributed by atoms with Crippen LogP contribution in [0.3, 0.4) is 0 Å². The summed E-state index contributed by atoms with van der Waals surface area (Å²) in [7, 11) is -3.64. The standard InChI is InChI=1S/C16H18ClNO3S/c1-12-14(17)8-5-9-16(12)22(20,21)18-11-10-15(19)13-6-3-2-4-7-13/h2-9,15,18-19H,10-11H2,1H3. The molecule has 4 nitrogen and oxygen atoms in total. The third-order valence-electron chi connectivity index (χ3n) is 3.40. The van der Waals surface area contributed by atoms with Crippen LogP contribution in [0, 0.1) is 6.92 Å². The summed E-state index contributed by atoms with van der Waals surface area (Å²) in [6.07, 6.45) is -0.410. The van der Waals surface area contributed by atoms with Crippen molar-refractivity contribution in [2.45, 2.75) is 24.3 Å². The molecule has 0 radical (unpaired) electrons. The zero-order valence-electron chi connectivity index (χ0n) is 12.2. The molecule has 2 N–H and O–H groups in total. The van der Waals surface area contributed by atoms with Crippen LogP contribution in [0.4, 0.5) is 0 Å². The molecule has 6 heteroatoms. The van der Waals surface area contributed by atoms with Crippen molar-refractivity contribution in [2.75, 3.05) is 6.54 Å². The normalized spacial score (nSPS) is 13.0. The summed E-state index contributed by atoms with van der Waals surface area (Å²) >= 11 is 5.95. The van der Waals surface area contributed by atoms with Crippen molar-refractivity contribution in [2.24, 2.45) is 0 Å². The van der Waals surface area contributed by atoms with Gasteiger partial charge in [-0.05, 0) is 36.6 Å². The minimum Gasteiger partial charge on any atom is -0.388 e. The Balaban J connectivity index is 2.00. The van der Waals surface area contributed by atoms with E-state index >= 15 is 0 Å². The first-order valence-corrected chi connectivity index (χ1v) is 8.76. The molecule has 1 unspecified atom stereocenters. The van der Waals surface area contributed by atoms with Gasteiger partial charge in [-0.1, -0.05) is 48.0 Å². The van der Waals surface area contributed by atoms with Gasteiger partial charge in [0.2, 0.25) is 10.0 Å². The van der Waals surface area contributed by atoms with E-state index in [0.29, 0.717) is 17.0 Å². The van der Waals surface area contributed by atoms with Crippen molar-refractivity contribution in [1.29, 1.82) is 0 Å². The summed E-state index contributed by atoms with van der Waals surface area (Å²) in [4.78, 5) is 0.161. The Morgan fingerprint density at radius 3 is 2.50 bits per heavy atom. The molecule has 0 aliphatic rings. The maximum Gasteiger partial charge on any atom is 0.240 e. The van der Waals surface area contributed by atoms with Gasteiger partial charge in [0.1, 0.15) is 0 Å². The Morgan fingerprint density at radius 1 is 1.14 bits per heavy atom. The maximum absolute atomic E-state index is 12.3. The molecular weight excluding hydrogens is 322 g/mol. The summed E-state index contributed by atoms with van der Waals surface area (Å²) in [6.45, 7) is 1.81. The van der Waals surface area contributed by atoms with Gasteiger partial charge in [0.05, 0.1) is 11.0 Å². The second-order valence-corrected chi connectivity index (χ2v) is 7.12. The van der Waals surface area contributed by atoms with Crippen molar-refractivity contribution in [3.05, 3.63) is 64.7 Å². The van der Waals surface area contributed by atoms with Crippen LogP contribution in [-0.2, 0) is 10.0 Å². The van der Waals surface area contributed by atoms with E-state index in [0.717, 1.165) is 5.56 Å². The molecule has 0 aromatic heterocycles. The van der Waals surface area contributed by atoms with Crippen LogP contribution in [0.5, 0.6) is 0 Å². The average Bonchev–Trinajstić information content (AvgIpc) is 2.50. The minimum atomic E-state index is -3.64. The molecule has 0 heterocycles. The molecule has 118 valence electrons. The fourth-order valence-corrected chi connectivity index (χ4v) is 3.67.